The van der Waals surface area contributed by atoms with Gasteiger partial charge in [0, 0.05) is 5.56 Å². The SMILES string of the molecule is C/C=C/c1cc(OC)c(OC)cc1/C=N/O. The maximum absolute atomic E-state index is 8.58. The number of rotatable bonds is 4. The van der Waals surface area contributed by atoms with Gasteiger partial charge < -0.3 is 14.7 Å². The molecule has 1 aromatic carbocycles. The van der Waals surface area contributed by atoms with E-state index in [1.807, 2.05) is 25.1 Å². The summed E-state index contributed by atoms with van der Waals surface area (Å²) in [4.78, 5) is 0. The molecule has 16 heavy (non-hydrogen) atoms. The summed E-state index contributed by atoms with van der Waals surface area (Å²) in [5, 5.41) is 11.6. The monoisotopic (exact) mass is 221 g/mol. The van der Waals surface area contributed by atoms with E-state index in [2.05, 4.69) is 5.16 Å². The molecule has 0 fully saturated rings. The van der Waals surface area contributed by atoms with E-state index in [4.69, 9.17) is 14.7 Å². The largest absolute Gasteiger partial charge is 0.493 e. The van der Waals surface area contributed by atoms with E-state index in [0.717, 1.165) is 11.1 Å². The summed E-state index contributed by atoms with van der Waals surface area (Å²) in [5.41, 5.74) is 1.66. The zero-order chi connectivity index (χ0) is 12.0. The third-order valence-corrected chi connectivity index (χ3v) is 2.13. The molecule has 0 spiro atoms. The lowest BCUT2D eigenvalue weighted by atomic mass is 10.1. The quantitative estimate of drug-likeness (QED) is 0.483. The maximum atomic E-state index is 8.58. The Morgan fingerprint density at radius 3 is 2.12 bits per heavy atom. The van der Waals surface area contributed by atoms with Gasteiger partial charge in [-0.15, -0.1) is 0 Å². The average Bonchev–Trinajstić information content (AvgIpc) is 2.31. The second kappa shape index (κ2) is 5.80. The van der Waals surface area contributed by atoms with Gasteiger partial charge in [0.1, 0.15) is 0 Å². The standard InChI is InChI=1S/C12H15NO3/c1-4-5-9-6-11(15-2)12(16-3)7-10(9)8-13-14/h4-8,14H,1-3H3/b5-4+,13-8+. The molecule has 0 aliphatic rings. The van der Waals surface area contributed by atoms with Crippen molar-refractivity contribution in [2.45, 2.75) is 6.92 Å². The molecule has 1 rings (SSSR count). The fourth-order valence-electron chi connectivity index (χ4n) is 1.41. The van der Waals surface area contributed by atoms with Crippen LogP contribution >= 0.6 is 0 Å². The van der Waals surface area contributed by atoms with Gasteiger partial charge in [-0.3, -0.25) is 0 Å². The molecule has 4 heteroatoms. The minimum absolute atomic E-state index is 0.602. The predicted octanol–water partition coefficient (Wildman–Crippen LogP) is 2.54. The molecule has 0 aromatic heterocycles. The Morgan fingerprint density at radius 2 is 1.69 bits per heavy atom. The molecule has 0 bridgehead atoms. The lowest BCUT2D eigenvalue weighted by molar-refractivity contribution is 0.321. The van der Waals surface area contributed by atoms with Crippen molar-refractivity contribution in [2.24, 2.45) is 5.16 Å². The van der Waals surface area contributed by atoms with E-state index in [0.29, 0.717) is 11.5 Å². The lowest BCUT2D eigenvalue weighted by Crippen LogP contribution is -1.95. The van der Waals surface area contributed by atoms with Gasteiger partial charge in [-0.25, -0.2) is 0 Å². The molecule has 0 saturated carbocycles. The molecule has 0 unspecified atom stereocenters. The van der Waals surface area contributed by atoms with Crippen molar-refractivity contribution in [3.05, 3.63) is 29.3 Å². The van der Waals surface area contributed by atoms with E-state index in [9.17, 15) is 0 Å². The highest BCUT2D eigenvalue weighted by molar-refractivity contribution is 5.86. The van der Waals surface area contributed by atoms with Crippen molar-refractivity contribution >= 4 is 12.3 Å². The second-order valence-corrected chi connectivity index (χ2v) is 3.08. The smallest absolute Gasteiger partial charge is 0.161 e. The molecule has 86 valence electrons. The minimum Gasteiger partial charge on any atom is -0.493 e. The third kappa shape index (κ3) is 2.53. The summed E-state index contributed by atoms with van der Waals surface area (Å²) in [6, 6.07) is 3.59. The number of ether oxygens (including phenoxy) is 2. The Bertz CT molecular complexity index is 372. The first-order valence-electron chi connectivity index (χ1n) is 4.83. The first-order valence-corrected chi connectivity index (χ1v) is 4.83. The van der Waals surface area contributed by atoms with Gasteiger partial charge in [-0.05, 0) is 24.6 Å². The van der Waals surface area contributed by atoms with Gasteiger partial charge in [0.15, 0.2) is 11.5 Å². The molecule has 0 aliphatic heterocycles. The van der Waals surface area contributed by atoms with Crippen LogP contribution in [0.5, 0.6) is 11.5 Å². The van der Waals surface area contributed by atoms with E-state index < -0.39 is 0 Å². The highest BCUT2D eigenvalue weighted by atomic mass is 16.5. The number of hydrogen-bond acceptors (Lipinski definition) is 4. The molecular weight excluding hydrogens is 206 g/mol. The van der Waals surface area contributed by atoms with Crippen LogP contribution in [-0.4, -0.2) is 25.6 Å². The van der Waals surface area contributed by atoms with E-state index in [1.165, 1.54) is 6.21 Å². The molecule has 1 N–H and O–H groups in total. The number of methoxy groups -OCH3 is 2. The van der Waals surface area contributed by atoms with Gasteiger partial charge in [0.2, 0.25) is 0 Å². The van der Waals surface area contributed by atoms with Crippen LogP contribution < -0.4 is 9.47 Å². The molecular formula is C12H15NO3. The average molecular weight is 221 g/mol. The number of hydrogen-bond donors (Lipinski definition) is 1. The van der Waals surface area contributed by atoms with Crippen molar-refractivity contribution in [1.29, 1.82) is 0 Å². The fourth-order valence-corrected chi connectivity index (χ4v) is 1.41. The first kappa shape index (κ1) is 12.1. The molecule has 0 heterocycles. The summed E-state index contributed by atoms with van der Waals surface area (Å²) in [6.45, 7) is 1.91. The van der Waals surface area contributed by atoms with Gasteiger partial charge in [0.25, 0.3) is 0 Å². The molecule has 0 radical (unpaired) electrons. The van der Waals surface area contributed by atoms with E-state index >= 15 is 0 Å². The first-order chi connectivity index (χ1) is 7.76. The molecule has 0 saturated heterocycles. The highest BCUT2D eigenvalue weighted by Crippen LogP contribution is 2.30. The Labute approximate surface area is 94.8 Å². The number of allylic oxidation sites excluding steroid dienone is 1. The van der Waals surface area contributed by atoms with Crippen molar-refractivity contribution < 1.29 is 14.7 Å². The zero-order valence-electron chi connectivity index (χ0n) is 9.60. The number of nitrogens with zero attached hydrogens (tertiary/aromatic N) is 1. The van der Waals surface area contributed by atoms with Gasteiger partial charge >= 0.3 is 0 Å². The Hall–Kier alpha value is -1.97. The van der Waals surface area contributed by atoms with Gasteiger partial charge in [-0.1, -0.05) is 17.3 Å². The Balaban J connectivity index is 3.34. The number of benzene rings is 1. The van der Waals surface area contributed by atoms with Crippen LogP contribution in [0.3, 0.4) is 0 Å². The lowest BCUT2D eigenvalue weighted by Gasteiger charge is -2.10. The predicted molar refractivity (Wildman–Crippen MR) is 63.6 cm³/mol. The topological polar surface area (TPSA) is 51.0 Å². The summed E-state index contributed by atoms with van der Waals surface area (Å²) in [6.07, 6.45) is 5.16. The molecule has 0 amide bonds. The molecule has 1 aromatic rings. The fraction of sp³-hybridized carbons (Fsp3) is 0.250. The summed E-state index contributed by atoms with van der Waals surface area (Å²) in [7, 11) is 3.14. The summed E-state index contributed by atoms with van der Waals surface area (Å²) in [5.74, 6) is 1.25. The van der Waals surface area contributed by atoms with Crippen LogP contribution in [0.4, 0.5) is 0 Å². The van der Waals surface area contributed by atoms with Crippen LogP contribution in [0.2, 0.25) is 0 Å². The van der Waals surface area contributed by atoms with Crippen molar-refractivity contribution in [1.82, 2.24) is 0 Å². The normalized spacial score (nSPS) is 11.2. The summed E-state index contributed by atoms with van der Waals surface area (Å²) >= 11 is 0. The van der Waals surface area contributed by atoms with Crippen LogP contribution in [0.15, 0.2) is 23.4 Å². The highest BCUT2D eigenvalue weighted by Gasteiger charge is 2.08. The van der Waals surface area contributed by atoms with Crippen LogP contribution in [-0.2, 0) is 0 Å². The van der Waals surface area contributed by atoms with E-state index in [-0.39, 0.29) is 0 Å². The van der Waals surface area contributed by atoms with Crippen LogP contribution in [0.1, 0.15) is 18.1 Å². The molecule has 4 nitrogen and oxygen atoms in total. The van der Waals surface area contributed by atoms with Crippen molar-refractivity contribution in [2.75, 3.05) is 14.2 Å². The minimum atomic E-state index is 0.602. The zero-order valence-corrected chi connectivity index (χ0v) is 9.60. The Kier molecular flexibility index (Phi) is 4.39. The molecule has 0 atom stereocenters. The maximum Gasteiger partial charge on any atom is 0.161 e. The van der Waals surface area contributed by atoms with Crippen molar-refractivity contribution in [3.8, 4) is 11.5 Å². The number of oxime groups is 1. The molecule has 0 aliphatic carbocycles. The van der Waals surface area contributed by atoms with Crippen molar-refractivity contribution in [3.63, 3.8) is 0 Å². The van der Waals surface area contributed by atoms with Crippen LogP contribution in [0, 0.1) is 0 Å². The second-order valence-electron chi connectivity index (χ2n) is 3.08. The van der Waals surface area contributed by atoms with Crippen LogP contribution in [0.25, 0.3) is 6.08 Å². The Morgan fingerprint density at radius 1 is 1.12 bits per heavy atom. The van der Waals surface area contributed by atoms with Gasteiger partial charge in [0.05, 0.1) is 20.4 Å². The summed E-state index contributed by atoms with van der Waals surface area (Å²) < 4.78 is 10.4. The van der Waals surface area contributed by atoms with Gasteiger partial charge in [-0.2, -0.15) is 0 Å². The third-order valence-electron chi connectivity index (χ3n) is 2.13. The van der Waals surface area contributed by atoms with E-state index in [1.54, 1.807) is 20.3 Å².